The Bertz CT molecular complexity index is 481. The minimum Gasteiger partial charge on any atom is -0.497 e. The van der Waals surface area contributed by atoms with Crippen molar-refractivity contribution in [1.82, 2.24) is 0 Å². The lowest BCUT2D eigenvalue weighted by Gasteiger charge is -2.26. The molecule has 1 aromatic carbocycles. The van der Waals surface area contributed by atoms with Gasteiger partial charge in [0.15, 0.2) is 14.4 Å². The number of benzene rings is 1. The molecule has 0 bridgehead atoms. The van der Waals surface area contributed by atoms with E-state index in [1.807, 2.05) is 19.6 Å². The third kappa shape index (κ3) is 5.06. The Hall–Kier alpha value is -1.53. The number of rotatable bonds is 7. The van der Waals surface area contributed by atoms with E-state index in [0.717, 1.165) is 0 Å². The van der Waals surface area contributed by atoms with E-state index in [2.05, 4.69) is 0 Å². The van der Waals surface area contributed by atoms with Crippen molar-refractivity contribution in [2.45, 2.75) is 32.7 Å². The molecule has 0 unspecified atom stereocenters. The maximum Gasteiger partial charge on any atom is 0.338 e. The van der Waals surface area contributed by atoms with Crippen molar-refractivity contribution in [2.75, 3.05) is 20.8 Å². The van der Waals surface area contributed by atoms with E-state index in [4.69, 9.17) is 18.6 Å². The molecule has 1 aromatic rings. The van der Waals surface area contributed by atoms with Gasteiger partial charge in [0.05, 0.1) is 20.8 Å². The molecule has 0 N–H and O–H groups in total. The molecule has 5 nitrogen and oxygen atoms in total. The highest BCUT2D eigenvalue weighted by molar-refractivity contribution is 6.69. The van der Waals surface area contributed by atoms with E-state index in [0.29, 0.717) is 23.7 Å². The molecule has 0 aliphatic carbocycles. The van der Waals surface area contributed by atoms with E-state index in [1.54, 1.807) is 39.3 Å². The molecule has 0 aromatic heterocycles. The van der Waals surface area contributed by atoms with Crippen LogP contribution in [0.4, 0.5) is 0 Å². The summed E-state index contributed by atoms with van der Waals surface area (Å²) in [7, 11) is 1.19. The number of hydrogen-bond acceptors (Lipinski definition) is 5. The average molecular weight is 312 g/mol. The van der Waals surface area contributed by atoms with E-state index >= 15 is 0 Å². The zero-order valence-electron chi connectivity index (χ0n) is 13.6. The third-order valence-corrected chi connectivity index (χ3v) is 3.64. The summed E-state index contributed by atoms with van der Waals surface area (Å²) in [6, 6.07) is 5.28. The Balaban J connectivity index is 3.21. The molecule has 0 aliphatic heterocycles. The van der Waals surface area contributed by atoms with Crippen LogP contribution in [0.5, 0.6) is 11.5 Å². The van der Waals surface area contributed by atoms with Gasteiger partial charge in [-0.2, -0.15) is 0 Å². The first-order chi connectivity index (χ1) is 9.82. The van der Waals surface area contributed by atoms with E-state index in [9.17, 15) is 4.79 Å². The van der Waals surface area contributed by atoms with Crippen LogP contribution in [0.3, 0.4) is 0 Å². The minimum atomic E-state index is -1.94. The second-order valence-corrected chi connectivity index (χ2v) is 9.93. The van der Waals surface area contributed by atoms with Crippen molar-refractivity contribution in [3.05, 3.63) is 23.8 Å². The van der Waals surface area contributed by atoms with Crippen LogP contribution < -0.4 is 9.47 Å². The lowest BCUT2D eigenvalue weighted by molar-refractivity contribution is -0.152. The smallest absolute Gasteiger partial charge is 0.338 e. The number of ether oxygens (including phenoxy) is 3. The molecule has 1 rings (SSSR count). The lowest BCUT2D eigenvalue weighted by atomic mass is 10.1. The van der Waals surface area contributed by atoms with Gasteiger partial charge in [-0.05, 0) is 38.7 Å². The zero-order chi connectivity index (χ0) is 16.0. The Morgan fingerprint density at radius 2 is 1.86 bits per heavy atom. The first-order valence-electron chi connectivity index (χ1n) is 6.88. The van der Waals surface area contributed by atoms with Crippen LogP contribution in [0.15, 0.2) is 18.2 Å². The third-order valence-electron chi connectivity index (χ3n) is 2.70. The number of esters is 1. The maximum atomic E-state index is 12.2. The summed E-state index contributed by atoms with van der Waals surface area (Å²) in [5, 5.41) is 0. The number of methoxy groups -OCH3 is 2. The highest BCUT2D eigenvalue weighted by atomic mass is 28.4. The molecule has 0 amide bonds. The summed E-state index contributed by atoms with van der Waals surface area (Å²) >= 11 is 0. The highest BCUT2D eigenvalue weighted by Gasteiger charge is 2.31. The maximum absolute atomic E-state index is 12.2. The lowest BCUT2D eigenvalue weighted by Crippen LogP contribution is -2.32. The average Bonchev–Trinajstić information content (AvgIpc) is 2.43. The molecule has 0 aliphatic rings. The predicted molar refractivity (Wildman–Crippen MR) is 83.4 cm³/mol. The van der Waals surface area contributed by atoms with Gasteiger partial charge < -0.3 is 18.6 Å². The molecule has 0 saturated carbocycles. The van der Waals surface area contributed by atoms with Crippen molar-refractivity contribution in [2.24, 2.45) is 0 Å². The van der Waals surface area contributed by atoms with Crippen LogP contribution in [0.1, 0.15) is 18.6 Å². The standard InChI is InChI=1S/C15H24O5Si/c1-7-19-15(16)14(20-21(4,5)6)12-9-8-11(17-2)10-13(12)18-3/h8-10,14H,7H2,1-6H3/t14-/m1/s1. The molecule has 0 spiro atoms. The van der Waals surface area contributed by atoms with E-state index in [-0.39, 0.29) is 0 Å². The molecule has 0 fully saturated rings. The predicted octanol–water partition coefficient (Wildman–Crippen LogP) is 3.16. The fraction of sp³-hybridized carbons (Fsp3) is 0.533. The fourth-order valence-corrected chi connectivity index (χ4v) is 2.78. The van der Waals surface area contributed by atoms with Crippen molar-refractivity contribution >= 4 is 14.3 Å². The molecule has 0 saturated heterocycles. The monoisotopic (exact) mass is 312 g/mol. The largest absolute Gasteiger partial charge is 0.497 e. The SMILES string of the molecule is CCOC(=O)[C@H](O[Si](C)(C)C)c1ccc(OC)cc1OC. The molecular formula is C15H24O5Si. The second-order valence-electron chi connectivity index (χ2n) is 5.47. The zero-order valence-corrected chi connectivity index (χ0v) is 14.6. The molecular weight excluding hydrogens is 288 g/mol. The molecule has 1 atom stereocenters. The summed E-state index contributed by atoms with van der Waals surface area (Å²) in [6.07, 6.45) is -0.780. The van der Waals surface area contributed by atoms with Gasteiger partial charge in [-0.1, -0.05) is 0 Å². The van der Waals surface area contributed by atoms with Gasteiger partial charge in [0.2, 0.25) is 0 Å². The molecule has 6 heteroatoms. The quantitative estimate of drug-likeness (QED) is 0.572. The van der Waals surface area contributed by atoms with Gasteiger partial charge in [-0.15, -0.1) is 0 Å². The van der Waals surface area contributed by atoms with E-state index in [1.165, 1.54) is 0 Å². The van der Waals surface area contributed by atoms with Gasteiger partial charge in [-0.3, -0.25) is 0 Å². The topological polar surface area (TPSA) is 54.0 Å². The van der Waals surface area contributed by atoms with Crippen molar-refractivity contribution in [1.29, 1.82) is 0 Å². The molecule has 21 heavy (non-hydrogen) atoms. The van der Waals surface area contributed by atoms with E-state index < -0.39 is 20.4 Å². The van der Waals surface area contributed by atoms with Crippen molar-refractivity contribution < 1.29 is 23.4 Å². The summed E-state index contributed by atoms with van der Waals surface area (Å²) in [5.41, 5.74) is 0.652. The number of carbonyl (C=O) groups is 1. The van der Waals surface area contributed by atoms with Crippen LogP contribution >= 0.6 is 0 Å². The van der Waals surface area contributed by atoms with Crippen molar-refractivity contribution in [3.8, 4) is 11.5 Å². The first-order valence-corrected chi connectivity index (χ1v) is 10.3. The van der Waals surface area contributed by atoms with Gasteiger partial charge in [-0.25, -0.2) is 4.79 Å². The van der Waals surface area contributed by atoms with Crippen LogP contribution in [-0.4, -0.2) is 35.1 Å². The Labute approximate surface area is 127 Å². The first kappa shape index (κ1) is 17.5. The Kier molecular flexibility index (Phi) is 6.23. The minimum absolute atomic E-state index is 0.308. The summed E-state index contributed by atoms with van der Waals surface area (Å²) in [4.78, 5) is 12.2. The van der Waals surface area contributed by atoms with Crippen LogP contribution in [0, 0.1) is 0 Å². The summed E-state index contributed by atoms with van der Waals surface area (Å²) in [5.74, 6) is 0.806. The molecule has 118 valence electrons. The number of hydrogen-bond donors (Lipinski definition) is 0. The Morgan fingerprint density at radius 1 is 1.19 bits per heavy atom. The van der Waals surface area contributed by atoms with Crippen molar-refractivity contribution in [3.63, 3.8) is 0 Å². The van der Waals surface area contributed by atoms with Gasteiger partial charge in [0, 0.05) is 11.6 Å². The highest BCUT2D eigenvalue weighted by Crippen LogP contribution is 2.33. The van der Waals surface area contributed by atoms with Gasteiger partial charge in [0.1, 0.15) is 11.5 Å². The van der Waals surface area contributed by atoms with Crippen LogP contribution in [0.2, 0.25) is 19.6 Å². The van der Waals surface area contributed by atoms with Gasteiger partial charge in [0.25, 0.3) is 0 Å². The fourth-order valence-electron chi connectivity index (χ4n) is 1.85. The van der Waals surface area contributed by atoms with Gasteiger partial charge >= 0.3 is 5.97 Å². The summed E-state index contributed by atoms with van der Waals surface area (Å²) < 4.78 is 21.7. The molecule has 0 heterocycles. The molecule has 0 radical (unpaired) electrons. The normalized spacial score (nSPS) is 12.7. The number of carbonyl (C=O) groups excluding carboxylic acids is 1. The van der Waals surface area contributed by atoms with Crippen LogP contribution in [-0.2, 0) is 14.0 Å². The Morgan fingerprint density at radius 3 is 2.33 bits per heavy atom. The second kappa shape index (κ2) is 7.47. The van der Waals surface area contributed by atoms with Crippen LogP contribution in [0.25, 0.3) is 0 Å². The summed E-state index contributed by atoms with van der Waals surface area (Å²) in [6.45, 7) is 8.15.